The summed E-state index contributed by atoms with van der Waals surface area (Å²) in [6, 6.07) is 8.02. The Labute approximate surface area is 259 Å². The molecule has 242 valence electrons. The van der Waals surface area contributed by atoms with Crippen molar-refractivity contribution in [1.82, 2.24) is 5.32 Å². The maximum atomic E-state index is 13.4. The summed E-state index contributed by atoms with van der Waals surface area (Å²) in [5, 5.41) is 63.0. The van der Waals surface area contributed by atoms with E-state index in [-0.39, 0.29) is 49.0 Å². The van der Waals surface area contributed by atoms with E-state index in [1.807, 2.05) is 0 Å². The molecule has 2 aromatic rings. The lowest BCUT2D eigenvalue weighted by molar-refractivity contribution is -0.264. The minimum absolute atomic E-state index is 0.0232. The van der Waals surface area contributed by atoms with Crippen molar-refractivity contribution in [1.29, 1.82) is 0 Å². The molecule has 2 aliphatic rings. The zero-order valence-corrected chi connectivity index (χ0v) is 24.6. The molecule has 2 aromatic carbocycles. The Morgan fingerprint density at radius 1 is 0.978 bits per heavy atom. The zero-order valence-electron chi connectivity index (χ0n) is 24.6. The number of nitrogens with one attached hydrogen (secondary N) is 1. The van der Waals surface area contributed by atoms with Gasteiger partial charge in [-0.05, 0) is 67.4 Å². The number of hydrogen-bond donors (Lipinski definition) is 7. The number of phenolic OH excluding ortho intramolecular Hbond substituents is 4. The Hall–Kier alpha value is -4.27. The van der Waals surface area contributed by atoms with E-state index in [9.17, 15) is 45.0 Å². The Kier molecular flexibility index (Phi) is 10.6. The van der Waals surface area contributed by atoms with Crippen molar-refractivity contribution in [2.45, 2.75) is 55.2 Å². The predicted octanol–water partition coefficient (Wildman–Crippen LogP) is 1.89. The molecule has 0 radical (unpaired) electrons. The number of aromatic hydroxyl groups is 4. The number of ketones is 2. The van der Waals surface area contributed by atoms with Crippen molar-refractivity contribution >= 4 is 29.7 Å². The predicted molar refractivity (Wildman–Crippen MR) is 160 cm³/mol. The van der Waals surface area contributed by atoms with Crippen LogP contribution in [-0.4, -0.2) is 104 Å². The Morgan fingerprint density at radius 2 is 1.60 bits per heavy atom. The molecule has 0 aromatic heterocycles. The summed E-state index contributed by atoms with van der Waals surface area (Å²) < 4.78 is 18.1. The lowest BCUT2D eigenvalue weighted by Crippen LogP contribution is -2.69. The van der Waals surface area contributed by atoms with Gasteiger partial charge in [0, 0.05) is 26.0 Å². The van der Waals surface area contributed by atoms with Crippen molar-refractivity contribution in [3.63, 3.8) is 0 Å². The molecular weight excluding hydrogens is 590 g/mol. The third-order valence-electron chi connectivity index (χ3n) is 7.85. The summed E-state index contributed by atoms with van der Waals surface area (Å²) in [7, 11) is 1.60. The molecule has 1 aliphatic heterocycles. The van der Waals surface area contributed by atoms with Crippen LogP contribution in [0.2, 0.25) is 0 Å². The molecule has 0 bridgehead atoms. The SMILES string of the molecule is CNC[C@@]12C[C@](OCC(=O)/C=C/c3ccc(O)c(O)c3)(C(=O)O)C[C@@H](O)[C@H]1OCCC[C@H](C(=O)/C=C/c1ccc(O)c(O)c1)O2. The molecular formula is C32H37NO12. The van der Waals surface area contributed by atoms with Gasteiger partial charge in [-0.15, -0.1) is 0 Å². The number of phenols is 4. The summed E-state index contributed by atoms with van der Waals surface area (Å²) >= 11 is 0. The molecule has 2 fully saturated rings. The second kappa shape index (κ2) is 14.2. The molecule has 1 heterocycles. The maximum Gasteiger partial charge on any atom is 0.336 e. The third-order valence-corrected chi connectivity index (χ3v) is 7.85. The Bertz CT molecular complexity index is 1470. The smallest absolute Gasteiger partial charge is 0.336 e. The number of hydrogen-bond acceptors (Lipinski definition) is 12. The molecule has 45 heavy (non-hydrogen) atoms. The van der Waals surface area contributed by atoms with E-state index in [4.69, 9.17) is 14.2 Å². The van der Waals surface area contributed by atoms with Gasteiger partial charge in [-0.1, -0.05) is 24.3 Å². The van der Waals surface area contributed by atoms with E-state index < -0.39 is 60.1 Å². The first-order valence-electron chi connectivity index (χ1n) is 14.3. The number of aliphatic hydroxyl groups is 1. The summed E-state index contributed by atoms with van der Waals surface area (Å²) in [4.78, 5) is 38.8. The van der Waals surface area contributed by atoms with Gasteiger partial charge in [0.25, 0.3) is 0 Å². The third kappa shape index (κ3) is 7.88. The van der Waals surface area contributed by atoms with Crippen molar-refractivity contribution in [3.05, 3.63) is 59.7 Å². The minimum Gasteiger partial charge on any atom is -0.504 e. The number of benzene rings is 2. The average molecular weight is 628 g/mol. The number of carbonyl (C=O) groups excluding carboxylic acids is 2. The highest BCUT2D eigenvalue weighted by Gasteiger charge is 2.61. The number of aliphatic hydroxyl groups excluding tert-OH is 1. The normalized spacial score (nSPS) is 27.1. The van der Waals surface area contributed by atoms with Crippen LogP contribution in [0.4, 0.5) is 0 Å². The van der Waals surface area contributed by atoms with Crippen LogP contribution in [-0.2, 0) is 28.6 Å². The van der Waals surface area contributed by atoms with Gasteiger partial charge >= 0.3 is 5.97 Å². The number of likely N-dealkylation sites (N-methyl/N-ethyl adjacent to an activating group) is 1. The fourth-order valence-corrected chi connectivity index (χ4v) is 5.70. The van der Waals surface area contributed by atoms with Gasteiger partial charge < -0.3 is 50.2 Å². The summed E-state index contributed by atoms with van der Waals surface area (Å²) in [5.41, 5.74) is -2.79. The van der Waals surface area contributed by atoms with Crippen molar-refractivity contribution in [3.8, 4) is 23.0 Å². The molecule has 5 atom stereocenters. The first-order chi connectivity index (χ1) is 21.4. The van der Waals surface area contributed by atoms with E-state index in [1.165, 1.54) is 54.6 Å². The standard InChI is InChI=1S/C32H37NO12/c1-33-18-32-17-31(30(41)42,44-16-21(34)8-4-19-5-9-22(35)25(38)13-19)15-27(40)29(32)43-12-2-3-28(45-32)24(37)11-7-20-6-10-23(36)26(39)14-20/h4-11,13-14,27-29,33,35-36,38-40H,2-3,12,15-18H2,1H3,(H,41,42)/b8-4+,11-7+/t27-,28-,29-,31+,32+/m1/s1. The van der Waals surface area contributed by atoms with Crippen molar-refractivity contribution in [2.24, 2.45) is 0 Å². The molecule has 1 saturated heterocycles. The second-order valence-corrected chi connectivity index (χ2v) is 11.2. The highest BCUT2D eigenvalue weighted by molar-refractivity contribution is 5.97. The lowest BCUT2D eigenvalue weighted by Gasteiger charge is -2.53. The van der Waals surface area contributed by atoms with Gasteiger partial charge in [0.1, 0.15) is 24.4 Å². The Balaban J connectivity index is 1.57. The van der Waals surface area contributed by atoms with E-state index >= 15 is 0 Å². The largest absolute Gasteiger partial charge is 0.504 e. The number of rotatable bonds is 11. The van der Waals surface area contributed by atoms with Crippen LogP contribution >= 0.6 is 0 Å². The van der Waals surface area contributed by atoms with Gasteiger partial charge in [0.15, 0.2) is 40.2 Å². The van der Waals surface area contributed by atoms with Crippen LogP contribution in [0.3, 0.4) is 0 Å². The molecule has 4 rings (SSSR count). The highest BCUT2D eigenvalue weighted by atomic mass is 16.6. The van der Waals surface area contributed by atoms with E-state index in [0.29, 0.717) is 17.5 Å². The van der Waals surface area contributed by atoms with E-state index in [2.05, 4.69) is 5.32 Å². The molecule has 7 N–H and O–H groups in total. The summed E-state index contributed by atoms with van der Waals surface area (Å²) in [5.74, 6) is -3.84. The molecule has 0 unspecified atom stereocenters. The van der Waals surface area contributed by atoms with Gasteiger partial charge in [-0.2, -0.15) is 0 Å². The molecule has 0 amide bonds. The molecule has 13 nitrogen and oxygen atoms in total. The molecule has 0 spiro atoms. The fraction of sp³-hybridized carbons (Fsp3) is 0.406. The first-order valence-corrected chi connectivity index (χ1v) is 14.3. The zero-order chi connectivity index (χ0) is 32.8. The van der Waals surface area contributed by atoms with Crippen LogP contribution in [0.1, 0.15) is 36.8 Å². The number of carbonyl (C=O) groups is 3. The first kappa shape index (κ1) is 33.6. The molecule has 13 heteroatoms. The number of carboxylic acid groups (broad SMARTS) is 1. The fourth-order valence-electron chi connectivity index (χ4n) is 5.70. The van der Waals surface area contributed by atoms with Crippen LogP contribution in [0.25, 0.3) is 12.2 Å². The Morgan fingerprint density at radius 3 is 2.18 bits per heavy atom. The maximum absolute atomic E-state index is 13.4. The average Bonchev–Trinajstić information content (AvgIpc) is 2.98. The van der Waals surface area contributed by atoms with Crippen LogP contribution < -0.4 is 5.32 Å². The van der Waals surface area contributed by atoms with Crippen LogP contribution in [0.5, 0.6) is 23.0 Å². The number of carboxylic acids is 1. The summed E-state index contributed by atoms with van der Waals surface area (Å²) in [6.45, 7) is -0.511. The second-order valence-electron chi connectivity index (χ2n) is 11.2. The van der Waals surface area contributed by atoms with Gasteiger partial charge in [0.05, 0.1) is 6.10 Å². The van der Waals surface area contributed by atoms with E-state index in [0.717, 1.165) is 6.08 Å². The lowest BCUT2D eigenvalue weighted by atomic mass is 9.70. The van der Waals surface area contributed by atoms with Crippen LogP contribution in [0.15, 0.2) is 48.6 Å². The van der Waals surface area contributed by atoms with E-state index in [1.54, 1.807) is 7.05 Å². The number of aliphatic carboxylic acids is 1. The topological polar surface area (TPSA) is 212 Å². The van der Waals surface area contributed by atoms with Crippen LogP contribution in [0, 0.1) is 0 Å². The monoisotopic (exact) mass is 627 g/mol. The highest BCUT2D eigenvalue weighted by Crippen LogP contribution is 2.44. The number of ether oxygens (including phenoxy) is 3. The van der Waals surface area contributed by atoms with Crippen molar-refractivity contribution in [2.75, 3.05) is 26.8 Å². The number of fused-ring (bicyclic) bond motifs is 1. The van der Waals surface area contributed by atoms with Gasteiger partial charge in [-0.3, -0.25) is 9.59 Å². The van der Waals surface area contributed by atoms with Gasteiger partial charge in [0.2, 0.25) is 0 Å². The molecule has 1 saturated carbocycles. The summed E-state index contributed by atoms with van der Waals surface area (Å²) in [6.07, 6.45) is 1.63. The van der Waals surface area contributed by atoms with Crippen molar-refractivity contribution < 1.29 is 59.2 Å². The van der Waals surface area contributed by atoms with Gasteiger partial charge in [-0.25, -0.2) is 4.79 Å². The molecule has 1 aliphatic carbocycles. The minimum atomic E-state index is -2.08. The quantitative estimate of drug-likeness (QED) is 0.140.